The minimum absolute atomic E-state index is 0.180. The van der Waals surface area contributed by atoms with Crippen molar-refractivity contribution in [2.24, 2.45) is 5.73 Å². The van der Waals surface area contributed by atoms with Gasteiger partial charge in [-0.05, 0) is 13.8 Å². The van der Waals surface area contributed by atoms with Crippen LogP contribution in [0, 0.1) is 6.92 Å². The van der Waals surface area contributed by atoms with E-state index < -0.39 is 0 Å². The zero-order valence-electron chi connectivity index (χ0n) is 9.64. The first-order chi connectivity index (χ1) is 7.63. The SMILES string of the molecule is Cc1nc(N(C)C(C)CN)nc2ocnc12. The maximum Gasteiger partial charge on any atom is 0.251 e. The summed E-state index contributed by atoms with van der Waals surface area (Å²) in [7, 11) is 1.91. The summed E-state index contributed by atoms with van der Waals surface area (Å²) in [6.45, 7) is 4.45. The van der Waals surface area contributed by atoms with Crippen LogP contribution in [0.5, 0.6) is 0 Å². The van der Waals surface area contributed by atoms with Crippen molar-refractivity contribution in [3.8, 4) is 0 Å². The molecule has 0 amide bonds. The lowest BCUT2D eigenvalue weighted by Gasteiger charge is -2.23. The van der Waals surface area contributed by atoms with Crippen LogP contribution in [0.1, 0.15) is 12.6 Å². The molecular weight excluding hydrogens is 206 g/mol. The monoisotopic (exact) mass is 221 g/mol. The Hall–Kier alpha value is -1.69. The minimum Gasteiger partial charge on any atom is -0.425 e. The van der Waals surface area contributed by atoms with Gasteiger partial charge in [0.25, 0.3) is 5.71 Å². The topological polar surface area (TPSA) is 81.1 Å². The first-order valence-electron chi connectivity index (χ1n) is 5.14. The maximum atomic E-state index is 5.61. The Morgan fingerprint density at radius 3 is 2.94 bits per heavy atom. The fourth-order valence-electron chi connectivity index (χ4n) is 1.40. The van der Waals surface area contributed by atoms with E-state index in [1.54, 1.807) is 0 Å². The van der Waals surface area contributed by atoms with Crippen LogP contribution in [-0.2, 0) is 0 Å². The lowest BCUT2D eigenvalue weighted by Crippen LogP contribution is -2.36. The first-order valence-corrected chi connectivity index (χ1v) is 5.14. The summed E-state index contributed by atoms with van der Waals surface area (Å²) in [5.74, 6) is 0.611. The van der Waals surface area contributed by atoms with Crippen LogP contribution in [0.15, 0.2) is 10.8 Å². The molecule has 0 saturated carbocycles. The van der Waals surface area contributed by atoms with E-state index >= 15 is 0 Å². The average molecular weight is 221 g/mol. The Labute approximate surface area is 93.5 Å². The van der Waals surface area contributed by atoms with Gasteiger partial charge in [0.15, 0.2) is 11.9 Å². The normalized spacial score (nSPS) is 13.0. The molecule has 16 heavy (non-hydrogen) atoms. The third-order valence-corrected chi connectivity index (χ3v) is 2.68. The molecular formula is C10H15N5O. The zero-order chi connectivity index (χ0) is 11.7. The molecule has 0 spiro atoms. The summed E-state index contributed by atoms with van der Waals surface area (Å²) in [5, 5.41) is 0. The fourth-order valence-corrected chi connectivity index (χ4v) is 1.40. The Bertz CT molecular complexity index is 495. The van der Waals surface area contributed by atoms with Crippen molar-refractivity contribution in [1.82, 2.24) is 15.0 Å². The van der Waals surface area contributed by atoms with Gasteiger partial charge in [-0.3, -0.25) is 0 Å². The van der Waals surface area contributed by atoms with Crippen molar-refractivity contribution in [2.75, 3.05) is 18.5 Å². The van der Waals surface area contributed by atoms with Gasteiger partial charge in [0.2, 0.25) is 5.95 Å². The molecule has 1 atom stereocenters. The van der Waals surface area contributed by atoms with Crippen LogP contribution in [0.2, 0.25) is 0 Å². The van der Waals surface area contributed by atoms with E-state index in [1.165, 1.54) is 6.39 Å². The number of nitrogens with two attached hydrogens (primary N) is 1. The van der Waals surface area contributed by atoms with E-state index in [4.69, 9.17) is 10.2 Å². The predicted molar refractivity (Wildman–Crippen MR) is 61.3 cm³/mol. The van der Waals surface area contributed by atoms with Crippen LogP contribution in [0.3, 0.4) is 0 Å². The number of hydrogen-bond acceptors (Lipinski definition) is 6. The number of anilines is 1. The number of fused-ring (bicyclic) bond motifs is 1. The van der Waals surface area contributed by atoms with Gasteiger partial charge in [-0.15, -0.1) is 0 Å². The van der Waals surface area contributed by atoms with Gasteiger partial charge in [-0.25, -0.2) is 9.97 Å². The highest BCUT2D eigenvalue weighted by Gasteiger charge is 2.14. The van der Waals surface area contributed by atoms with Gasteiger partial charge in [0, 0.05) is 19.6 Å². The van der Waals surface area contributed by atoms with Crippen molar-refractivity contribution < 1.29 is 4.42 Å². The fraction of sp³-hybridized carbons (Fsp3) is 0.500. The molecule has 0 aromatic carbocycles. The van der Waals surface area contributed by atoms with E-state index in [-0.39, 0.29) is 6.04 Å². The molecule has 6 nitrogen and oxygen atoms in total. The van der Waals surface area contributed by atoms with Crippen molar-refractivity contribution in [1.29, 1.82) is 0 Å². The molecule has 0 aliphatic heterocycles. The molecule has 2 aromatic heterocycles. The molecule has 0 aliphatic carbocycles. The second-order valence-electron chi connectivity index (χ2n) is 3.81. The molecule has 6 heteroatoms. The van der Waals surface area contributed by atoms with Crippen molar-refractivity contribution in [2.45, 2.75) is 19.9 Å². The predicted octanol–water partition coefficient (Wildman–Crippen LogP) is 0.710. The molecule has 2 rings (SSSR count). The van der Waals surface area contributed by atoms with Crippen molar-refractivity contribution >= 4 is 17.2 Å². The van der Waals surface area contributed by atoms with Crippen LogP contribution in [0.25, 0.3) is 11.2 Å². The summed E-state index contributed by atoms with van der Waals surface area (Å²) in [6, 6.07) is 0.180. The third-order valence-electron chi connectivity index (χ3n) is 2.68. The number of rotatable bonds is 3. The molecule has 0 radical (unpaired) electrons. The smallest absolute Gasteiger partial charge is 0.251 e. The lowest BCUT2D eigenvalue weighted by atomic mass is 10.3. The Kier molecular flexibility index (Phi) is 2.74. The van der Waals surface area contributed by atoms with E-state index in [2.05, 4.69) is 15.0 Å². The molecule has 2 aromatic rings. The maximum absolute atomic E-state index is 5.61. The molecule has 0 fully saturated rings. The molecule has 0 aliphatic rings. The number of aryl methyl sites for hydroxylation is 1. The molecule has 86 valence electrons. The molecule has 0 saturated heterocycles. The van der Waals surface area contributed by atoms with Crippen LogP contribution < -0.4 is 10.6 Å². The van der Waals surface area contributed by atoms with Crippen LogP contribution in [0.4, 0.5) is 5.95 Å². The molecule has 2 N–H and O–H groups in total. The first kappa shape index (κ1) is 10.8. The highest BCUT2D eigenvalue weighted by molar-refractivity contribution is 5.71. The Balaban J connectivity index is 2.45. The quantitative estimate of drug-likeness (QED) is 0.822. The second kappa shape index (κ2) is 4.05. The molecule has 1 unspecified atom stereocenters. The van der Waals surface area contributed by atoms with Gasteiger partial charge in [-0.1, -0.05) is 0 Å². The summed E-state index contributed by atoms with van der Waals surface area (Å²) < 4.78 is 5.18. The van der Waals surface area contributed by atoms with E-state index in [9.17, 15) is 0 Å². The van der Waals surface area contributed by atoms with E-state index in [1.807, 2.05) is 25.8 Å². The van der Waals surface area contributed by atoms with Gasteiger partial charge in [0.1, 0.15) is 0 Å². The summed E-state index contributed by atoms with van der Waals surface area (Å²) >= 11 is 0. The largest absolute Gasteiger partial charge is 0.425 e. The highest BCUT2D eigenvalue weighted by Crippen LogP contribution is 2.17. The van der Waals surface area contributed by atoms with Gasteiger partial charge < -0.3 is 15.1 Å². The van der Waals surface area contributed by atoms with Crippen LogP contribution >= 0.6 is 0 Å². The summed E-state index contributed by atoms with van der Waals surface area (Å²) in [5.41, 5.74) is 7.64. The van der Waals surface area contributed by atoms with E-state index in [0.717, 1.165) is 5.69 Å². The second-order valence-corrected chi connectivity index (χ2v) is 3.81. The van der Waals surface area contributed by atoms with Crippen LogP contribution in [-0.4, -0.2) is 34.6 Å². The number of oxazole rings is 1. The third kappa shape index (κ3) is 1.71. The highest BCUT2D eigenvalue weighted by atomic mass is 16.3. The number of nitrogens with zero attached hydrogens (tertiary/aromatic N) is 4. The van der Waals surface area contributed by atoms with Gasteiger partial charge in [0.05, 0.1) is 5.69 Å². The standard InChI is InChI=1S/C10H15N5O/c1-6(4-11)15(3)10-13-7(2)8-9(14-10)16-5-12-8/h5-6H,4,11H2,1-3H3. The number of aromatic nitrogens is 3. The van der Waals surface area contributed by atoms with Gasteiger partial charge in [-0.2, -0.15) is 4.98 Å². The van der Waals surface area contributed by atoms with E-state index in [0.29, 0.717) is 23.7 Å². The minimum atomic E-state index is 0.180. The molecule has 0 bridgehead atoms. The number of likely N-dealkylation sites (N-methyl/N-ethyl adjacent to an activating group) is 1. The summed E-state index contributed by atoms with van der Waals surface area (Å²) in [6.07, 6.45) is 1.38. The lowest BCUT2D eigenvalue weighted by molar-refractivity contribution is 0.587. The van der Waals surface area contributed by atoms with Crippen molar-refractivity contribution in [3.63, 3.8) is 0 Å². The van der Waals surface area contributed by atoms with Gasteiger partial charge >= 0.3 is 0 Å². The zero-order valence-corrected chi connectivity index (χ0v) is 9.64. The number of hydrogen-bond donors (Lipinski definition) is 1. The Morgan fingerprint density at radius 1 is 1.50 bits per heavy atom. The molecule has 2 heterocycles. The van der Waals surface area contributed by atoms with Crippen molar-refractivity contribution in [3.05, 3.63) is 12.1 Å². The summed E-state index contributed by atoms with van der Waals surface area (Å²) in [4.78, 5) is 14.6. The Morgan fingerprint density at radius 2 is 2.25 bits per heavy atom. The average Bonchev–Trinajstić information content (AvgIpc) is 2.75.